The summed E-state index contributed by atoms with van der Waals surface area (Å²) >= 11 is 0. The number of rotatable bonds is 5. The van der Waals surface area contributed by atoms with E-state index in [1.54, 1.807) is 12.3 Å². The summed E-state index contributed by atoms with van der Waals surface area (Å²) in [4.78, 5) is 11.7. The summed E-state index contributed by atoms with van der Waals surface area (Å²) in [7, 11) is 0. The van der Waals surface area contributed by atoms with Crippen LogP contribution in [0.2, 0.25) is 0 Å². The van der Waals surface area contributed by atoms with E-state index in [1.165, 1.54) is 5.56 Å². The number of hydrazone groups is 1. The van der Waals surface area contributed by atoms with Gasteiger partial charge >= 0.3 is 0 Å². The van der Waals surface area contributed by atoms with Crippen molar-refractivity contribution in [3.63, 3.8) is 0 Å². The van der Waals surface area contributed by atoms with E-state index < -0.39 is 0 Å². The number of amides is 1. The lowest BCUT2D eigenvalue weighted by Gasteiger charge is -2.00. The van der Waals surface area contributed by atoms with Crippen LogP contribution in [0.1, 0.15) is 16.7 Å². The Bertz CT molecular complexity index is 628. The van der Waals surface area contributed by atoms with E-state index >= 15 is 0 Å². The number of carbonyl (C=O) groups is 1. The van der Waals surface area contributed by atoms with Crippen molar-refractivity contribution in [2.75, 3.05) is 0 Å². The van der Waals surface area contributed by atoms with Gasteiger partial charge in [-0.25, -0.2) is 5.43 Å². The lowest BCUT2D eigenvalue weighted by molar-refractivity contribution is -0.120. The third kappa shape index (κ3) is 5.45. The molecule has 0 atom stereocenters. The molecule has 3 nitrogen and oxygen atoms in total. The van der Waals surface area contributed by atoms with Crippen molar-refractivity contribution in [3.05, 3.63) is 77.4 Å². The topological polar surface area (TPSA) is 41.5 Å². The number of benzene rings is 2. The van der Waals surface area contributed by atoms with E-state index in [-0.39, 0.29) is 5.91 Å². The Hall–Kier alpha value is -2.68. The Morgan fingerprint density at radius 3 is 2.52 bits per heavy atom. The molecule has 0 saturated carbocycles. The maximum Gasteiger partial charge on any atom is 0.244 e. The number of nitrogens with one attached hydrogen (secondary N) is 1. The molecule has 0 aliphatic rings. The van der Waals surface area contributed by atoms with Gasteiger partial charge in [0, 0.05) is 6.21 Å². The Morgan fingerprint density at radius 1 is 1.10 bits per heavy atom. The highest BCUT2D eigenvalue weighted by Gasteiger charge is 2.00. The zero-order valence-corrected chi connectivity index (χ0v) is 12.0. The standard InChI is InChI=1S/C18H18N2O/c1-15-9-11-17(12-10-15)14-18(21)20-19-13-5-8-16-6-3-2-4-7-16/h2-13H,14H2,1H3,(H,20,21)/b8-5+,19-13+. The third-order valence-electron chi connectivity index (χ3n) is 2.92. The molecule has 0 aliphatic heterocycles. The van der Waals surface area contributed by atoms with Crippen LogP contribution in [0.3, 0.4) is 0 Å². The Labute approximate surface area is 125 Å². The van der Waals surface area contributed by atoms with Gasteiger partial charge in [0.05, 0.1) is 6.42 Å². The minimum Gasteiger partial charge on any atom is -0.273 e. The fraction of sp³-hybridized carbons (Fsp3) is 0.111. The van der Waals surface area contributed by atoms with Gasteiger partial charge in [-0.2, -0.15) is 5.10 Å². The monoisotopic (exact) mass is 278 g/mol. The van der Waals surface area contributed by atoms with Crippen molar-refractivity contribution < 1.29 is 4.79 Å². The number of carbonyl (C=O) groups excluding carboxylic acids is 1. The lowest BCUT2D eigenvalue weighted by Crippen LogP contribution is -2.19. The molecule has 0 unspecified atom stereocenters. The minimum atomic E-state index is -0.122. The van der Waals surface area contributed by atoms with E-state index in [4.69, 9.17) is 0 Å². The first kappa shape index (κ1) is 14.7. The number of hydrogen-bond donors (Lipinski definition) is 1. The minimum absolute atomic E-state index is 0.122. The van der Waals surface area contributed by atoms with Crippen molar-refractivity contribution in [3.8, 4) is 0 Å². The van der Waals surface area contributed by atoms with Gasteiger partial charge in [-0.05, 0) is 24.1 Å². The third-order valence-corrected chi connectivity index (χ3v) is 2.92. The van der Waals surface area contributed by atoms with Crippen molar-refractivity contribution in [2.45, 2.75) is 13.3 Å². The molecule has 2 aromatic carbocycles. The quantitative estimate of drug-likeness (QED) is 0.661. The SMILES string of the molecule is Cc1ccc(CC(=O)N/N=C/C=C/c2ccccc2)cc1. The number of allylic oxidation sites excluding steroid dienone is 1. The van der Waals surface area contributed by atoms with Gasteiger partial charge in [0.25, 0.3) is 0 Å². The fourth-order valence-electron chi connectivity index (χ4n) is 1.80. The summed E-state index contributed by atoms with van der Waals surface area (Å²) in [5, 5.41) is 3.89. The molecule has 0 bridgehead atoms. The summed E-state index contributed by atoms with van der Waals surface area (Å²) in [5.74, 6) is -0.122. The second kappa shape index (κ2) is 7.80. The van der Waals surface area contributed by atoms with Crippen LogP contribution >= 0.6 is 0 Å². The highest BCUT2D eigenvalue weighted by atomic mass is 16.2. The molecule has 106 valence electrons. The molecular weight excluding hydrogens is 260 g/mol. The highest BCUT2D eigenvalue weighted by molar-refractivity contribution is 5.82. The summed E-state index contributed by atoms with van der Waals surface area (Å²) in [6.07, 6.45) is 5.62. The Kier molecular flexibility index (Phi) is 5.47. The van der Waals surface area contributed by atoms with Crippen molar-refractivity contribution in [2.24, 2.45) is 5.10 Å². The van der Waals surface area contributed by atoms with Gasteiger partial charge in [-0.1, -0.05) is 66.2 Å². The summed E-state index contributed by atoms with van der Waals surface area (Å²) in [6.45, 7) is 2.02. The number of aryl methyl sites for hydroxylation is 1. The van der Waals surface area contributed by atoms with Gasteiger partial charge < -0.3 is 0 Å². The van der Waals surface area contributed by atoms with Crippen LogP contribution in [0.15, 0.2) is 65.8 Å². The molecule has 2 rings (SSSR count). The van der Waals surface area contributed by atoms with Crippen LogP contribution in [0.25, 0.3) is 6.08 Å². The van der Waals surface area contributed by atoms with E-state index in [0.717, 1.165) is 11.1 Å². The summed E-state index contributed by atoms with van der Waals surface area (Å²) in [6, 6.07) is 17.8. The van der Waals surface area contributed by atoms with E-state index in [2.05, 4.69) is 10.5 Å². The Morgan fingerprint density at radius 2 is 1.81 bits per heavy atom. The van der Waals surface area contributed by atoms with E-state index in [0.29, 0.717) is 6.42 Å². The van der Waals surface area contributed by atoms with Crippen LogP contribution in [-0.4, -0.2) is 12.1 Å². The molecule has 3 heteroatoms. The molecule has 0 saturated heterocycles. The average Bonchev–Trinajstić information content (AvgIpc) is 2.50. The predicted molar refractivity (Wildman–Crippen MR) is 87.0 cm³/mol. The second-order valence-corrected chi connectivity index (χ2v) is 4.75. The van der Waals surface area contributed by atoms with E-state index in [9.17, 15) is 4.79 Å². The second-order valence-electron chi connectivity index (χ2n) is 4.75. The fourth-order valence-corrected chi connectivity index (χ4v) is 1.80. The first-order chi connectivity index (χ1) is 10.2. The first-order valence-corrected chi connectivity index (χ1v) is 6.83. The summed E-state index contributed by atoms with van der Waals surface area (Å²) < 4.78 is 0. The molecule has 0 aromatic heterocycles. The molecule has 0 aliphatic carbocycles. The highest BCUT2D eigenvalue weighted by Crippen LogP contribution is 2.03. The first-order valence-electron chi connectivity index (χ1n) is 6.83. The van der Waals surface area contributed by atoms with Gasteiger partial charge in [-0.3, -0.25) is 4.79 Å². The van der Waals surface area contributed by atoms with Crippen LogP contribution in [0.5, 0.6) is 0 Å². The maximum atomic E-state index is 11.7. The molecule has 2 aromatic rings. The van der Waals surface area contributed by atoms with Crippen LogP contribution < -0.4 is 5.43 Å². The molecule has 0 fully saturated rings. The zero-order valence-electron chi connectivity index (χ0n) is 12.0. The van der Waals surface area contributed by atoms with Crippen molar-refractivity contribution in [1.29, 1.82) is 0 Å². The smallest absolute Gasteiger partial charge is 0.244 e. The molecule has 1 N–H and O–H groups in total. The van der Waals surface area contributed by atoms with Gasteiger partial charge in [0.2, 0.25) is 5.91 Å². The van der Waals surface area contributed by atoms with Gasteiger partial charge in [0.1, 0.15) is 0 Å². The molecule has 0 heterocycles. The molecule has 0 spiro atoms. The molecule has 0 radical (unpaired) electrons. The largest absolute Gasteiger partial charge is 0.273 e. The normalized spacial score (nSPS) is 11.1. The van der Waals surface area contributed by atoms with E-state index in [1.807, 2.05) is 67.6 Å². The van der Waals surface area contributed by atoms with Crippen LogP contribution in [-0.2, 0) is 11.2 Å². The molecule has 21 heavy (non-hydrogen) atoms. The van der Waals surface area contributed by atoms with Gasteiger partial charge in [-0.15, -0.1) is 0 Å². The molecular formula is C18H18N2O. The average molecular weight is 278 g/mol. The van der Waals surface area contributed by atoms with Gasteiger partial charge in [0.15, 0.2) is 0 Å². The van der Waals surface area contributed by atoms with Crippen LogP contribution in [0.4, 0.5) is 0 Å². The Balaban J connectivity index is 1.77. The maximum absolute atomic E-state index is 11.7. The van der Waals surface area contributed by atoms with Crippen molar-refractivity contribution >= 4 is 18.2 Å². The number of nitrogens with zero attached hydrogens (tertiary/aromatic N) is 1. The number of hydrogen-bond acceptors (Lipinski definition) is 2. The van der Waals surface area contributed by atoms with Crippen molar-refractivity contribution in [1.82, 2.24) is 5.43 Å². The lowest BCUT2D eigenvalue weighted by atomic mass is 10.1. The summed E-state index contributed by atoms with van der Waals surface area (Å²) in [5.41, 5.74) is 5.77. The zero-order chi connectivity index (χ0) is 14.9. The van der Waals surface area contributed by atoms with Crippen LogP contribution in [0, 0.1) is 6.92 Å². The molecule has 1 amide bonds. The predicted octanol–water partition coefficient (Wildman–Crippen LogP) is 3.35.